The normalized spacial score (nSPS) is 32.2. The van der Waals surface area contributed by atoms with Crippen LogP contribution in [0, 0.1) is 22.7 Å². The summed E-state index contributed by atoms with van der Waals surface area (Å²) < 4.78 is 10.7. The van der Waals surface area contributed by atoms with E-state index in [0.717, 1.165) is 56.6 Å². The number of aryl methyl sites for hydroxylation is 1. The van der Waals surface area contributed by atoms with Crippen LogP contribution in [0.2, 0.25) is 0 Å². The summed E-state index contributed by atoms with van der Waals surface area (Å²) in [6, 6.07) is 1.91. The van der Waals surface area contributed by atoms with E-state index in [9.17, 15) is 9.59 Å². The number of hydrogen-bond acceptors (Lipinski definition) is 4. The smallest absolute Gasteiger partial charge is 0.328 e. The highest BCUT2D eigenvalue weighted by atomic mass is 16.5. The zero-order chi connectivity index (χ0) is 21.2. The number of fused-ring (bicyclic) bond motifs is 1. The highest BCUT2D eigenvalue weighted by Gasteiger charge is 2.57. The van der Waals surface area contributed by atoms with Crippen molar-refractivity contribution in [3.8, 4) is 0 Å². The van der Waals surface area contributed by atoms with Crippen LogP contribution in [0.5, 0.6) is 0 Å². The van der Waals surface area contributed by atoms with Crippen LogP contribution in [0.15, 0.2) is 35.0 Å². The van der Waals surface area contributed by atoms with Crippen molar-refractivity contribution in [2.24, 2.45) is 22.7 Å². The van der Waals surface area contributed by atoms with Crippen molar-refractivity contribution in [2.75, 3.05) is 7.11 Å². The number of carboxylic acid groups (broad SMARTS) is 1. The first kappa shape index (κ1) is 21.4. The van der Waals surface area contributed by atoms with Crippen LogP contribution < -0.4 is 0 Å². The molecular formula is C24H32O5. The minimum Gasteiger partial charge on any atom is -0.478 e. The molecule has 2 aliphatic carbocycles. The first-order valence-electron chi connectivity index (χ1n) is 10.5. The van der Waals surface area contributed by atoms with E-state index in [1.54, 1.807) is 6.26 Å². The van der Waals surface area contributed by atoms with Gasteiger partial charge in [-0.25, -0.2) is 4.79 Å². The number of furan rings is 1. The quantitative estimate of drug-likeness (QED) is 0.400. The molecule has 0 bridgehead atoms. The molecule has 5 nitrogen and oxygen atoms in total. The number of rotatable bonds is 6. The molecule has 2 fully saturated rings. The van der Waals surface area contributed by atoms with Crippen molar-refractivity contribution in [3.05, 3.63) is 41.9 Å². The summed E-state index contributed by atoms with van der Waals surface area (Å²) in [6.45, 7) is 8.80. The predicted molar refractivity (Wildman–Crippen MR) is 111 cm³/mol. The molecule has 0 saturated heterocycles. The molecule has 0 unspecified atom stereocenters. The van der Waals surface area contributed by atoms with Crippen molar-refractivity contribution < 1.29 is 23.8 Å². The fourth-order valence-electron chi connectivity index (χ4n) is 6.11. The van der Waals surface area contributed by atoms with Gasteiger partial charge in [0.1, 0.15) is 5.76 Å². The van der Waals surface area contributed by atoms with E-state index in [1.807, 2.05) is 6.07 Å². The lowest BCUT2D eigenvalue weighted by Gasteiger charge is -2.57. The van der Waals surface area contributed by atoms with E-state index in [-0.39, 0.29) is 17.3 Å². The number of allylic oxidation sites excluding steroid dienone is 1. The van der Waals surface area contributed by atoms with Crippen molar-refractivity contribution in [1.29, 1.82) is 0 Å². The Morgan fingerprint density at radius 3 is 2.83 bits per heavy atom. The number of methoxy groups -OCH3 is 1. The molecule has 0 aliphatic heterocycles. The first-order valence-corrected chi connectivity index (χ1v) is 10.5. The molecule has 0 aromatic carbocycles. The maximum atomic E-state index is 12.7. The van der Waals surface area contributed by atoms with Crippen LogP contribution in [0.4, 0.5) is 0 Å². The molecule has 0 amide bonds. The highest BCUT2D eigenvalue weighted by Crippen LogP contribution is 2.62. The maximum Gasteiger partial charge on any atom is 0.328 e. The van der Waals surface area contributed by atoms with Gasteiger partial charge in [-0.1, -0.05) is 25.5 Å². The molecule has 0 radical (unpaired) electrons. The number of aliphatic carboxylic acids is 1. The number of carbonyl (C=O) groups excluding carboxylic acids is 1. The van der Waals surface area contributed by atoms with Gasteiger partial charge in [0, 0.05) is 6.08 Å². The van der Waals surface area contributed by atoms with Gasteiger partial charge in [-0.2, -0.15) is 0 Å². The van der Waals surface area contributed by atoms with Gasteiger partial charge in [-0.3, -0.25) is 4.79 Å². The van der Waals surface area contributed by atoms with Gasteiger partial charge in [-0.05, 0) is 80.4 Å². The summed E-state index contributed by atoms with van der Waals surface area (Å²) in [5, 5.41) is 8.87. The zero-order valence-electron chi connectivity index (χ0n) is 17.7. The molecule has 5 heteroatoms. The van der Waals surface area contributed by atoms with Gasteiger partial charge in [-0.15, -0.1) is 0 Å². The molecule has 0 spiro atoms. The van der Waals surface area contributed by atoms with Gasteiger partial charge < -0.3 is 14.3 Å². The lowest BCUT2D eigenvalue weighted by atomic mass is 9.46. The van der Waals surface area contributed by atoms with E-state index in [1.165, 1.54) is 18.8 Å². The standard InChI is InChI=1S/C24H32O5/c1-16-6-10-20-23(2,13-5-14-24(20,3)22(27)28-4)18(16)8-7-17-12-15-29-19(17)9-11-21(25)26/h9,11-12,15,18,20H,1,5-8,10,13-14H2,2-4H3,(H,25,26)/t18-,20+,23+,24-/m0/s1. The molecule has 1 aromatic rings. The summed E-state index contributed by atoms with van der Waals surface area (Å²) in [7, 11) is 1.49. The third-order valence-electron chi connectivity index (χ3n) is 7.53. The summed E-state index contributed by atoms with van der Waals surface area (Å²) in [4.78, 5) is 23.5. The lowest BCUT2D eigenvalue weighted by molar-refractivity contribution is -0.168. The molecule has 1 aromatic heterocycles. The SMILES string of the molecule is C=C1CC[C@@H]2[C@](C)(CCC[C@]2(C)C(=O)OC)[C@H]1CCc1ccoc1C=CC(=O)O. The Balaban J connectivity index is 1.82. The summed E-state index contributed by atoms with van der Waals surface area (Å²) >= 11 is 0. The Morgan fingerprint density at radius 1 is 1.38 bits per heavy atom. The van der Waals surface area contributed by atoms with Crippen molar-refractivity contribution in [2.45, 2.75) is 58.8 Å². The topological polar surface area (TPSA) is 76.7 Å². The Kier molecular flexibility index (Phi) is 6.06. The monoisotopic (exact) mass is 400 g/mol. The van der Waals surface area contributed by atoms with Crippen molar-refractivity contribution in [3.63, 3.8) is 0 Å². The van der Waals surface area contributed by atoms with Gasteiger partial charge >= 0.3 is 11.9 Å². The molecular weight excluding hydrogens is 368 g/mol. The molecule has 29 heavy (non-hydrogen) atoms. The first-order chi connectivity index (χ1) is 13.7. The maximum absolute atomic E-state index is 12.7. The Morgan fingerprint density at radius 2 is 2.14 bits per heavy atom. The van der Waals surface area contributed by atoms with E-state index in [2.05, 4.69) is 20.4 Å². The summed E-state index contributed by atoms with van der Waals surface area (Å²) in [5.41, 5.74) is 1.85. The third kappa shape index (κ3) is 3.92. The Hall–Kier alpha value is -2.30. The Labute approximate surface area is 172 Å². The number of ether oxygens (including phenoxy) is 1. The van der Waals surface area contributed by atoms with Gasteiger partial charge in [0.05, 0.1) is 18.8 Å². The summed E-state index contributed by atoms with van der Waals surface area (Å²) in [5.74, 6) is 0.112. The number of carbonyl (C=O) groups is 2. The Bertz CT molecular complexity index is 819. The minimum absolute atomic E-state index is 0.0112. The molecule has 2 saturated carbocycles. The van der Waals surface area contributed by atoms with E-state index in [0.29, 0.717) is 11.7 Å². The molecule has 4 atom stereocenters. The van der Waals surface area contributed by atoms with Crippen molar-refractivity contribution >= 4 is 18.0 Å². The van der Waals surface area contributed by atoms with Crippen LogP contribution >= 0.6 is 0 Å². The van der Waals surface area contributed by atoms with Crippen LogP contribution in [-0.2, 0) is 20.7 Å². The van der Waals surface area contributed by atoms with E-state index >= 15 is 0 Å². The molecule has 3 rings (SSSR count). The lowest BCUT2D eigenvalue weighted by Crippen LogP contribution is -2.53. The molecule has 1 heterocycles. The third-order valence-corrected chi connectivity index (χ3v) is 7.53. The average molecular weight is 401 g/mol. The zero-order valence-corrected chi connectivity index (χ0v) is 17.7. The second kappa shape index (κ2) is 8.21. The average Bonchev–Trinajstić information content (AvgIpc) is 3.12. The summed E-state index contributed by atoms with van der Waals surface area (Å²) in [6.07, 6.45) is 10.8. The van der Waals surface area contributed by atoms with Gasteiger partial charge in [0.25, 0.3) is 0 Å². The van der Waals surface area contributed by atoms with Crippen LogP contribution in [0.1, 0.15) is 63.7 Å². The van der Waals surface area contributed by atoms with E-state index in [4.69, 9.17) is 14.3 Å². The fraction of sp³-hybridized carbons (Fsp3) is 0.583. The second-order valence-electron chi connectivity index (χ2n) is 9.09. The minimum atomic E-state index is -0.993. The molecule has 1 N–H and O–H groups in total. The number of hydrogen-bond donors (Lipinski definition) is 1. The second-order valence-corrected chi connectivity index (χ2v) is 9.09. The molecule has 2 aliphatic rings. The van der Waals surface area contributed by atoms with Gasteiger partial charge in [0.2, 0.25) is 0 Å². The predicted octanol–water partition coefficient (Wildman–Crippen LogP) is 5.26. The van der Waals surface area contributed by atoms with E-state index < -0.39 is 11.4 Å². The van der Waals surface area contributed by atoms with Crippen LogP contribution in [0.25, 0.3) is 6.08 Å². The number of esters is 1. The van der Waals surface area contributed by atoms with Crippen molar-refractivity contribution in [1.82, 2.24) is 0 Å². The van der Waals surface area contributed by atoms with Gasteiger partial charge in [0.15, 0.2) is 0 Å². The number of carboxylic acids is 1. The van der Waals surface area contributed by atoms with Crippen LogP contribution in [-0.4, -0.2) is 24.2 Å². The van der Waals surface area contributed by atoms with Crippen LogP contribution in [0.3, 0.4) is 0 Å². The highest BCUT2D eigenvalue weighted by molar-refractivity contribution is 5.85. The fourth-order valence-corrected chi connectivity index (χ4v) is 6.11. The molecule has 158 valence electrons. The largest absolute Gasteiger partial charge is 0.478 e.